The Kier molecular flexibility index (Phi) is 3.82. The lowest BCUT2D eigenvalue weighted by Crippen LogP contribution is -2.49. The topological polar surface area (TPSA) is 47.4 Å². The van der Waals surface area contributed by atoms with Crippen molar-refractivity contribution in [3.05, 3.63) is 18.5 Å². The lowest BCUT2D eigenvalue weighted by Gasteiger charge is -2.37. The van der Waals surface area contributed by atoms with Gasteiger partial charge in [0, 0.05) is 25.5 Å². The van der Waals surface area contributed by atoms with Gasteiger partial charge in [0.1, 0.15) is 6.10 Å². The molecule has 2 aliphatic heterocycles. The van der Waals surface area contributed by atoms with Crippen molar-refractivity contribution in [1.29, 1.82) is 0 Å². The fourth-order valence-electron chi connectivity index (χ4n) is 3.06. The summed E-state index contributed by atoms with van der Waals surface area (Å²) >= 11 is 0. The van der Waals surface area contributed by atoms with Crippen LogP contribution in [-0.4, -0.2) is 45.9 Å². The van der Waals surface area contributed by atoms with E-state index in [0.29, 0.717) is 0 Å². The zero-order valence-corrected chi connectivity index (χ0v) is 11.2. The maximum Gasteiger partial charge on any atom is 0.252 e. The van der Waals surface area contributed by atoms with E-state index < -0.39 is 0 Å². The molecule has 5 heteroatoms. The van der Waals surface area contributed by atoms with E-state index in [9.17, 15) is 4.79 Å². The predicted molar refractivity (Wildman–Crippen MR) is 70.6 cm³/mol. The third-order valence-electron chi connectivity index (χ3n) is 4.07. The minimum absolute atomic E-state index is 0.189. The van der Waals surface area contributed by atoms with Crippen LogP contribution in [0.3, 0.4) is 0 Å². The SMILES string of the molecule is O=C([C@@H]1CCCO1)N1CCCC[C@H]1Cn1cccn1. The molecule has 1 aromatic heterocycles. The summed E-state index contributed by atoms with van der Waals surface area (Å²) in [6.45, 7) is 2.39. The summed E-state index contributed by atoms with van der Waals surface area (Å²) in [5.74, 6) is 0.189. The zero-order valence-electron chi connectivity index (χ0n) is 11.2. The smallest absolute Gasteiger partial charge is 0.252 e. The highest BCUT2D eigenvalue weighted by molar-refractivity contribution is 5.81. The minimum Gasteiger partial charge on any atom is -0.368 e. The Hall–Kier alpha value is -1.36. The average Bonchev–Trinajstić information content (AvgIpc) is 3.11. The molecule has 104 valence electrons. The first kappa shape index (κ1) is 12.7. The summed E-state index contributed by atoms with van der Waals surface area (Å²) < 4.78 is 7.46. The van der Waals surface area contributed by atoms with Gasteiger partial charge in [-0.1, -0.05) is 0 Å². The van der Waals surface area contributed by atoms with Gasteiger partial charge in [-0.15, -0.1) is 0 Å². The molecule has 19 heavy (non-hydrogen) atoms. The van der Waals surface area contributed by atoms with Gasteiger partial charge < -0.3 is 9.64 Å². The molecule has 0 N–H and O–H groups in total. The van der Waals surface area contributed by atoms with Crippen LogP contribution in [0.25, 0.3) is 0 Å². The van der Waals surface area contributed by atoms with Crippen LogP contribution in [0.1, 0.15) is 32.1 Å². The lowest BCUT2D eigenvalue weighted by atomic mass is 10.0. The lowest BCUT2D eigenvalue weighted by molar-refractivity contribution is -0.145. The summed E-state index contributed by atoms with van der Waals surface area (Å²) in [5.41, 5.74) is 0. The van der Waals surface area contributed by atoms with Crippen LogP contribution in [0.2, 0.25) is 0 Å². The Morgan fingerprint density at radius 1 is 1.32 bits per heavy atom. The molecule has 0 aliphatic carbocycles. The molecule has 3 rings (SSSR count). The monoisotopic (exact) mass is 263 g/mol. The molecule has 0 radical (unpaired) electrons. The van der Waals surface area contributed by atoms with Crippen molar-refractivity contribution in [2.24, 2.45) is 0 Å². The molecule has 2 fully saturated rings. The van der Waals surface area contributed by atoms with Crippen LogP contribution in [0, 0.1) is 0 Å². The number of hydrogen-bond acceptors (Lipinski definition) is 3. The molecular formula is C14H21N3O2. The number of likely N-dealkylation sites (tertiary alicyclic amines) is 1. The molecule has 3 heterocycles. The van der Waals surface area contributed by atoms with Crippen molar-refractivity contribution >= 4 is 5.91 Å². The van der Waals surface area contributed by atoms with Crippen molar-refractivity contribution in [3.63, 3.8) is 0 Å². The summed E-state index contributed by atoms with van der Waals surface area (Å²) in [5, 5.41) is 4.25. The van der Waals surface area contributed by atoms with Gasteiger partial charge in [0.05, 0.1) is 12.6 Å². The predicted octanol–water partition coefficient (Wildman–Crippen LogP) is 1.44. The van der Waals surface area contributed by atoms with Crippen molar-refractivity contribution < 1.29 is 9.53 Å². The van der Waals surface area contributed by atoms with Crippen LogP contribution < -0.4 is 0 Å². The number of piperidine rings is 1. The first-order chi connectivity index (χ1) is 9.34. The molecule has 1 aromatic rings. The van der Waals surface area contributed by atoms with Crippen LogP contribution in [0.15, 0.2) is 18.5 Å². The first-order valence-electron chi connectivity index (χ1n) is 7.24. The maximum atomic E-state index is 12.5. The maximum absolute atomic E-state index is 12.5. The highest BCUT2D eigenvalue weighted by Crippen LogP contribution is 2.23. The molecule has 0 bridgehead atoms. The van der Waals surface area contributed by atoms with Gasteiger partial charge in [0.15, 0.2) is 0 Å². The summed E-state index contributed by atoms with van der Waals surface area (Å²) in [6, 6.07) is 2.19. The van der Waals surface area contributed by atoms with E-state index in [1.165, 1.54) is 6.42 Å². The fraction of sp³-hybridized carbons (Fsp3) is 0.714. The molecule has 1 amide bonds. The van der Waals surface area contributed by atoms with Gasteiger partial charge in [-0.3, -0.25) is 9.48 Å². The van der Waals surface area contributed by atoms with E-state index in [-0.39, 0.29) is 18.1 Å². The highest BCUT2D eigenvalue weighted by atomic mass is 16.5. The van der Waals surface area contributed by atoms with E-state index in [2.05, 4.69) is 5.10 Å². The normalized spacial score (nSPS) is 27.7. The largest absolute Gasteiger partial charge is 0.368 e. The highest BCUT2D eigenvalue weighted by Gasteiger charge is 2.33. The molecule has 0 aromatic carbocycles. The Morgan fingerprint density at radius 3 is 3.00 bits per heavy atom. The standard InChI is InChI=1S/C14H21N3O2/c18-14(13-6-3-10-19-13)17-9-2-1-5-12(17)11-16-8-4-7-15-16/h4,7-8,12-13H,1-3,5-6,9-11H2/t12-,13-/m0/s1. The third kappa shape index (κ3) is 2.81. The van der Waals surface area contributed by atoms with Gasteiger partial charge in [-0.2, -0.15) is 5.10 Å². The molecule has 0 saturated carbocycles. The summed E-state index contributed by atoms with van der Waals surface area (Å²) in [6.07, 6.45) is 8.81. The second-order valence-corrected chi connectivity index (χ2v) is 5.41. The van der Waals surface area contributed by atoms with Gasteiger partial charge in [-0.25, -0.2) is 0 Å². The second-order valence-electron chi connectivity index (χ2n) is 5.41. The van der Waals surface area contributed by atoms with Gasteiger partial charge >= 0.3 is 0 Å². The number of rotatable bonds is 3. The molecule has 5 nitrogen and oxygen atoms in total. The van der Waals surface area contributed by atoms with E-state index in [4.69, 9.17) is 4.74 Å². The molecule has 0 unspecified atom stereocenters. The van der Waals surface area contributed by atoms with E-state index >= 15 is 0 Å². The Balaban J connectivity index is 1.67. The number of nitrogens with zero attached hydrogens (tertiary/aromatic N) is 3. The van der Waals surface area contributed by atoms with Crippen molar-refractivity contribution in [2.45, 2.75) is 50.8 Å². The Labute approximate surface area is 113 Å². The van der Waals surface area contributed by atoms with Crippen molar-refractivity contribution in [2.75, 3.05) is 13.2 Å². The molecular weight excluding hydrogens is 242 g/mol. The minimum atomic E-state index is -0.196. The second kappa shape index (κ2) is 5.74. The number of carbonyl (C=O) groups is 1. The third-order valence-corrected chi connectivity index (χ3v) is 4.07. The van der Waals surface area contributed by atoms with Gasteiger partial charge in [-0.05, 0) is 38.2 Å². The first-order valence-corrected chi connectivity index (χ1v) is 7.24. The van der Waals surface area contributed by atoms with E-state index in [0.717, 1.165) is 45.4 Å². The summed E-state index contributed by atoms with van der Waals surface area (Å²) in [7, 11) is 0. The number of aromatic nitrogens is 2. The number of carbonyl (C=O) groups excluding carboxylic acids is 1. The van der Waals surface area contributed by atoms with Gasteiger partial charge in [0.25, 0.3) is 5.91 Å². The van der Waals surface area contributed by atoms with Crippen LogP contribution in [0.5, 0.6) is 0 Å². The average molecular weight is 263 g/mol. The van der Waals surface area contributed by atoms with Crippen molar-refractivity contribution in [1.82, 2.24) is 14.7 Å². The van der Waals surface area contributed by atoms with Crippen molar-refractivity contribution in [3.8, 4) is 0 Å². The quantitative estimate of drug-likeness (QED) is 0.829. The van der Waals surface area contributed by atoms with Gasteiger partial charge in [0.2, 0.25) is 0 Å². The van der Waals surface area contributed by atoms with Crippen LogP contribution in [0.4, 0.5) is 0 Å². The zero-order chi connectivity index (χ0) is 13.1. The number of ether oxygens (including phenoxy) is 1. The number of hydrogen-bond donors (Lipinski definition) is 0. The van der Waals surface area contributed by atoms with Crippen LogP contribution in [-0.2, 0) is 16.1 Å². The Bertz CT molecular complexity index is 412. The molecule has 2 atom stereocenters. The Morgan fingerprint density at radius 2 is 2.26 bits per heavy atom. The molecule has 2 aliphatic rings. The summed E-state index contributed by atoms with van der Waals surface area (Å²) in [4.78, 5) is 14.5. The molecule has 2 saturated heterocycles. The molecule has 0 spiro atoms. The fourth-order valence-corrected chi connectivity index (χ4v) is 3.06. The van der Waals surface area contributed by atoms with E-state index in [1.54, 1.807) is 6.20 Å². The number of amides is 1. The van der Waals surface area contributed by atoms with E-state index in [1.807, 2.05) is 21.8 Å². The van der Waals surface area contributed by atoms with Crippen LogP contribution >= 0.6 is 0 Å².